The summed E-state index contributed by atoms with van der Waals surface area (Å²) in [4.78, 5) is 7.67. The van der Waals surface area contributed by atoms with Crippen LogP contribution in [0.25, 0.3) is 10.9 Å². The number of aromatic nitrogens is 2. The van der Waals surface area contributed by atoms with E-state index in [0.29, 0.717) is 0 Å². The normalized spacial score (nSPS) is 13.9. The largest absolute Gasteiger partial charge is 0.397 e. The maximum atomic E-state index is 5.98. The average Bonchev–Trinajstić information content (AvgIpc) is 2.56. The van der Waals surface area contributed by atoms with Crippen molar-refractivity contribution in [3.8, 4) is 0 Å². The topological polar surface area (TPSA) is 27.1 Å². The van der Waals surface area contributed by atoms with Gasteiger partial charge in [-0.1, -0.05) is 42.7 Å². The number of hydrogen-bond acceptors (Lipinski definition) is 2. The lowest BCUT2D eigenvalue weighted by Gasteiger charge is -2.25. The molecule has 0 N–H and O–H groups in total. The van der Waals surface area contributed by atoms with Crippen LogP contribution in [0, 0.1) is 6.92 Å². The summed E-state index contributed by atoms with van der Waals surface area (Å²) < 4.78 is 0. The Morgan fingerprint density at radius 2 is 1.88 bits per heavy atom. The van der Waals surface area contributed by atoms with Crippen LogP contribution in [-0.2, 0) is 0 Å². The molecule has 2 aromatic rings. The van der Waals surface area contributed by atoms with E-state index in [1.54, 1.807) is 4.85 Å². The Morgan fingerprint density at radius 1 is 1.24 bits per heavy atom. The van der Waals surface area contributed by atoms with Crippen molar-refractivity contribution in [1.29, 1.82) is 0 Å². The third-order valence-corrected chi connectivity index (χ3v) is 5.76. The van der Waals surface area contributed by atoms with E-state index in [1.807, 2.05) is 25.1 Å². The molecule has 0 aliphatic carbocycles. The first-order chi connectivity index (χ1) is 7.89. The van der Waals surface area contributed by atoms with Crippen LogP contribution in [0.1, 0.15) is 12.6 Å². The minimum atomic E-state index is -1.30. The van der Waals surface area contributed by atoms with Crippen LogP contribution in [0.15, 0.2) is 24.3 Å². The fourth-order valence-corrected chi connectivity index (χ4v) is 1.99. The molecule has 3 nitrogen and oxygen atoms in total. The van der Waals surface area contributed by atoms with E-state index in [9.17, 15) is 0 Å². The molecule has 2 rings (SSSR count). The quantitative estimate of drug-likeness (QED) is 0.781. The summed E-state index contributed by atoms with van der Waals surface area (Å²) in [6.07, 6.45) is 0. The zero-order valence-electron chi connectivity index (χ0n) is 11.2. The van der Waals surface area contributed by atoms with Crippen LogP contribution in [0.5, 0.6) is 0 Å². The van der Waals surface area contributed by atoms with E-state index >= 15 is 0 Å². The van der Waals surface area contributed by atoms with E-state index < -0.39 is 8.07 Å². The van der Waals surface area contributed by atoms with Crippen molar-refractivity contribution >= 4 is 19.0 Å². The SMILES string of the molecule is Cc1nn(OC(C)[Si](C)(C)C)c2ccccc12. The predicted octanol–water partition coefficient (Wildman–Crippen LogP) is 3.04. The lowest BCUT2D eigenvalue weighted by molar-refractivity contribution is 0.0714. The number of hydrogen-bond donors (Lipinski definition) is 0. The Hall–Kier alpha value is -1.29. The van der Waals surface area contributed by atoms with Crippen molar-refractivity contribution in [1.82, 2.24) is 9.94 Å². The summed E-state index contributed by atoms with van der Waals surface area (Å²) in [6.45, 7) is 11.1. The third kappa shape index (κ3) is 2.36. The highest BCUT2D eigenvalue weighted by molar-refractivity contribution is 6.77. The molecule has 0 amide bonds. The monoisotopic (exact) mass is 248 g/mol. The van der Waals surface area contributed by atoms with Gasteiger partial charge in [-0.05, 0) is 19.9 Å². The molecule has 1 aromatic carbocycles. The second kappa shape index (κ2) is 4.18. The first-order valence-electron chi connectivity index (χ1n) is 6.01. The first-order valence-corrected chi connectivity index (χ1v) is 9.59. The molecule has 0 spiro atoms. The molecule has 1 aromatic heterocycles. The van der Waals surface area contributed by atoms with Gasteiger partial charge >= 0.3 is 0 Å². The minimum absolute atomic E-state index is 0.241. The summed E-state index contributed by atoms with van der Waals surface area (Å²) in [5.41, 5.74) is 2.31. The van der Waals surface area contributed by atoms with Crippen molar-refractivity contribution in [2.24, 2.45) is 0 Å². The van der Waals surface area contributed by atoms with Crippen LogP contribution in [-0.4, -0.2) is 23.7 Å². The van der Waals surface area contributed by atoms with Gasteiger partial charge in [0.05, 0.1) is 13.8 Å². The van der Waals surface area contributed by atoms with Crippen molar-refractivity contribution < 1.29 is 4.84 Å². The van der Waals surface area contributed by atoms with E-state index in [4.69, 9.17) is 4.84 Å². The van der Waals surface area contributed by atoms with Crippen molar-refractivity contribution in [2.75, 3.05) is 0 Å². The van der Waals surface area contributed by atoms with E-state index in [2.05, 4.69) is 37.7 Å². The molecule has 1 heterocycles. The molecular formula is C13H20N2OSi. The second-order valence-corrected chi connectivity index (χ2v) is 11.1. The summed E-state index contributed by atoms with van der Waals surface area (Å²) in [5.74, 6) is 0. The molecule has 1 atom stereocenters. The zero-order valence-corrected chi connectivity index (χ0v) is 12.2. The Bertz CT molecular complexity index is 528. The molecule has 4 heteroatoms. The van der Waals surface area contributed by atoms with Crippen molar-refractivity contribution in [2.45, 2.75) is 39.2 Å². The molecule has 92 valence electrons. The molecule has 0 saturated heterocycles. The van der Waals surface area contributed by atoms with Crippen LogP contribution in [0.4, 0.5) is 0 Å². The predicted molar refractivity (Wildman–Crippen MR) is 73.9 cm³/mol. The second-order valence-electron chi connectivity index (χ2n) is 5.59. The van der Waals surface area contributed by atoms with Crippen LogP contribution in [0.2, 0.25) is 19.6 Å². The lowest BCUT2D eigenvalue weighted by atomic mass is 10.2. The molecule has 0 fully saturated rings. The lowest BCUT2D eigenvalue weighted by Crippen LogP contribution is -2.43. The molecule has 0 aliphatic rings. The molecule has 0 bridgehead atoms. The van der Waals surface area contributed by atoms with Gasteiger partial charge in [0.15, 0.2) is 0 Å². The van der Waals surface area contributed by atoms with Crippen molar-refractivity contribution in [3.63, 3.8) is 0 Å². The van der Waals surface area contributed by atoms with Crippen LogP contribution in [0.3, 0.4) is 0 Å². The van der Waals surface area contributed by atoms with Gasteiger partial charge in [-0.25, -0.2) is 0 Å². The highest BCUT2D eigenvalue weighted by Crippen LogP contribution is 2.18. The average molecular weight is 248 g/mol. The number of para-hydroxylation sites is 1. The Labute approximate surface area is 103 Å². The molecule has 1 unspecified atom stereocenters. The minimum Gasteiger partial charge on any atom is -0.397 e. The number of fused-ring (bicyclic) bond motifs is 1. The Morgan fingerprint density at radius 3 is 2.53 bits per heavy atom. The van der Waals surface area contributed by atoms with Crippen LogP contribution >= 0.6 is 0 Å². The van der Waals surface area contributed by atoms with Gasteiger partial charge in [0, 0.05) is 5.39 Å². The first kappa shape index (κ1) is 12.2. The summed E-state index contributed by atoms with van der Waals surface area (Å²) in [7, 11) is -1.30. The van der Waals surface area contributed by atoms with Gasteiger partial charge in [0.2, 0.25) is 0 Å². The molecular weight excluding hydrogens is 228 g/mol. The third-order valence-electron chi connectivity index (χ3n) is 3.22. The summed E-state index contributed by atoms with van der Waals surface area (Å²) in [6, 6.07) is 8.18. The molecule has 0 aliphatic heterocycles. The fraction of sp³-hybridized carbons (Fsp3) is 0.462. The summed E-state index contributed by atoms with van der Waals surface area (Å²) in [5, 5.41) is 5.62. The van der Waals surface area contributed by atoms with Gasteiger partial charge < -0.3 is 4.84 Å². The highest BCUT2D eigenvalue weighted by atomic mass is 28.3. The fourth-order valence-electron chi connectivity index (χ4n) is 1.58. The molecule has 0 radical (unpaired) electrons. The smallest absolute Gasteiger partial charge is 0.112 e. The zero-order chi connectivity index (χ0) is 12.6. The number of aryl methyl sites for hydroxylation is 1. The molecule has 0 saturated carbocycles. The van der Waals surface area contributed by atoms with E-state index in [1.165, 1.54) is 0 Å². The van der Waals surface area contributed by atoms with Crippen LogP contribution < -0.4 is 4.84 Å². The maximum Gasteiger partial charge on any atom is 0.112 e. The standard InChI is InChI=1S/C13H20N2OSi/c1-10-12-8-6-7-9-13(12)15(14-10)16-11(2)17(3,4)5/h6-9,11H,1-5H3. The number of benzene rings is 1. The van der Waals surface area contributed by atoms with Crippen molar-refractivity contribution in [3.05, 3.63) is 30.0 Å². The van der Waals surface area contributed by atoms with Gasteiger partial charge in [-0.15, -0.1) is 5.10 Å². The maximum absolute atomic E-state index is 5.98. The van der Waals surface area contributed by atoms with Gasteiger partial charge in [-0.2, -0.15) is 0 Å². The van der Waals surface area contributed by atoms with E-state index in [-0.39, 0.29) is 5.73 Å². The highest BCUT2D eigenvalue weighted by Gasteiger charge is 2.25. The van der Waals surface area contributed by atoms with Gasteiger partial charge in [-0.3, -0.25) is 0 Å². The number of rotatable bonds is 3. The Kier molecular flexibility index (Phi) is 2.99. The summed E-state index contributed by atoms with van der Waals surface area (Å²) >= 11 is 0. The number of nitrogens with zero attached hydrogens (tertiary/aromatic N) is 2. The molecule has 17 heavy (non-hydrogen) atoms. The van der Waals surface area contributed by atoms with E-state index in [0.717, 1.165) is 16.6 Å². The van der Waals surface area contributed by atoms with Gasteiger partial charge in [0.1, 0.15) is 11.2 Å². The van der Waals surface area contributed by atoms with Gasteiger partial charge in [0.25, 0.3) is 0 Å². The Balaban J connectivity index is 2.37.